The van der Waals surface area contributed by atoms with E-state index in [9.17, 15) is 9.59 Å². The van der Waals surface area contributed by atoms with Crippen molar-refractivity contribution in [2.24, 2.45) is 5.92 Å². The van der Waals surface area contributed by atoms with Gasteiger partial charge in [-0.2, -0.15) is 0 Å². The van der Waals surface area contributed by atoms with Crippen LogP contribution in [0.15, 0.2) is 30.3 Å². The second kappa shape index (κ2) is 6.61. The van der Waals surface area contributed by atoms with Crippen LogP contribution in [0.4, 0.5) is 4.79 Å². The minimum Gasteiger partial charge on any atom is -0.464 e. The van der Waals surface area contributed by atoms with Crippen LogP contribution in [0.2, 0.25) is 0 Å². The predicted octanol–water partition coefficient (Wildman–Crippen LogP) is 2.64. The molecule has 1 unspecified atom stereocenters. The smallest absolute Gasteiger partial charge is 0.408 e. The standard InChI is InChI=1S/C16H21NO4/c1-3-13-10-16(13,14(18)20-4-2)17-15(19)21-11-12-8-6-5-7-9-12/h5-9,13H,3-4,10-11H2,1-2H3,(H,17,19)/t13?,16-/m1/s1. The minimum atomic E-state index is -0.890. The Labute approximate surface area is 124 Å². The molecule has 5 heteroatoms. The van der Waals surface area contributed by atoms with Crippen LogP contribution in [0.5, 0.6) is 0 Å². The Hall–Kier alpha value is -2.04. The largest absolute Gasteiger partial charge is 0.464 e. The van der Waals surface area contributed by atoms with Gasteiger partial charge in [-0.3, -0.25) is 0 Å². The molecule has 0 saturated heterocycles. The zero-order chi connectivity index (χ0) is 15.3. The number of carbonyl (C=O) groups excluding carboxylic acids is 2. The van der Waals surface area contributed by atoms with E-state index < -0.39 is 11.6 Å². The Morgan fingerprint density at radius 2 is 1.95 bits per heavy atom. The first-order valence-corrected chi connectivity index (χ1v) is 7.28. The lowest BCUT2D eigenvalue weighted by Gasteiger charge is -2.17. The molecule has 5 nitrogen and oxygen atoms in total. The number of hydrogen-bond acceptors (Lipinski definition) is 4. The van der Waals surface area contributed by atoms with Gasteiger partial charge in [0.05, 0.1) is 6.61 Å². The predicted molar refractivity (Wildman–Crippen MR) is 77.5 cm³/mol. The molecule has 0 radical (unpaired) electrons. The van der Waals surface area contributed by atoms with Gasteiger partial charge in [0.15, 0.2) is 0 Å². The Bertz CT molecular complexity index is 502. The van der Waals surface area contributed by atoms with E-state index in [4.69, 9.17) is 9.47 Å². The van der Waals surface area contributed by atoms with E-state index in [-0.39, 0.29) is 18.5 Å². The van der Waals surface area contributed by atoms with Gasteiger partial charge in [0, 0.05) is 0 Å². The maximum absolute atomic E-state index is 12.0. The van der Waals surface area contributed by atoms with Crippen LogP contribution in [0.1, 0.15) is 32.3 Å². The normalized spacial score (nSPS) is 23.2. The van der Waals surface area contributed by atoms with Gasteiger partial charge in [0.1, 0.15) is 12.1 Å². The fraction of sp³-hybridized carbons (Fsp3) is 0.500. The van der Waals surface area contributed by atoms with Crippen molar-refractivity contribution in [2.45, 2.75) is 38.8 Å². The highest BCUT2D eigenvalue weighted by atomic mass is 16.6. The van der Waals surface area contributed by atoms with Crippen LogP contribution in [0, 0.1) is 5.92 Å². The monoisotopic (exact) mass is 291 g/mol. The average Bonchev–Trinajstić information content (AvgIpc) is 3.21. The Morgan fingerprint density at radius 3 is 2.52 bits per heavy atom. The van der Waals surface area contributed by atoms with E-state index in [1.54, 1.807) is 6.92 Å². The first kappa shape index (κ1) is 15.4. The summed E-state index contributed by atoms with van der Waals surface area (Å²) in [7, 11) is 0. The molecule has 1 aromatic carbocycles. The molecule has 1 saturated carbocycles. The van der Waals surface area contributed by atoms with Crippen LogP contribution in [0.3, 0.4) is 0 Å². The van der Waals surface area contributed by atoms with Crippen molar-refractivity contribution in [3.8, 4) is 0 Å². The molecular formula is C16H21NO4. The third kappa shape index (κ3) is 3.54. The van der Waals surface area contributed by atoms with E-state index in [1.165, 1.54) is 0 Å². The van der Waals surface area contributed by atoms with E-state index in [2.05, 4.69) is 5.32 Å². The van der Waals surface area contributed by atoms with Gasteiger partial charge < -0.3 is 14.8 Å². The molecule has 114 valence electrons. The van der Waals surface area contributed by atoms with Gasteiger partial charge in [-0.15, -0.1) is 0 Å². The number of amides is 1. The summed E-state index contributed by atoms with van der Waals surface area (Å²) in [5.74, 6) is -0.241. The fourth-order valence-electron chi connectivity index (χ4n) is 2.48. The third-order valence-corrected chi connectivity index (χ3v) is 3.78. The van der Waals surface area contributed by atoms with E-state index in [0.717, 1.165) is 12.0 Å². The van der Waals surface area contributed by atoms with Crippen molar-refractivity contribution in [1.82, 2.24) is 5.32 Å². The van der Waals surface area contributed by atoms with E-state index in [0.29, 0.717) is 13.0 Å². The number of esters is 1. The maximum Gasteiger partial charge on any atom is 0.408 e. The van der Waals surface area contributed by atoms with Crippen LogP contribution < -0.4 is 5.32 Å². The van der Waals surface area contributed by atoms with Gasteiger partial charge in [-0.1, -0.05) is 43.7 Å². The Morgan fingerprint density at radius 1 is 1.24 bits per heavy atom. The first-order chi connectivity index (χ1) is 10.1. The lowest BCUT2D eigenvalue weighted by atomic mass is 10.2. The highest BCUT2D eigenvalue weighted by Gasteiger charge is 2.61. The molecule has 0 heterocycles. The summed E-state index contributed by atoms with van der Waals surface area (Å²) in [5.41, 5.74) is 0.0131. The SMILES string of the molecule is CCOC(=O)[C@@]1(NC(=O)OCc2ccccc2)CC1CC. The average molecular weight is 291 g/mol. The van der Waals surface area contributed by atoms with Crippen LogP contribution in [-0.2, 0) is 20.9 Å². The Kier molecular flexibility index (Phi) is 4.83. The number of benzene rings is 1. The molecule has 0 aliphatic heterocycles. The summed E-state index contributed by atoms with van der Waals surface area (Å²) < 4.78 is 10.2. The van der Waals surface area contributed by atoms with Crippen molar-refractivity contribution in [3.63, 3.8) is 0 Å². The number of ether oxygens (including phenoxy) is 2. The van der Waals surface area contributed by atoms with Crippen molar-refractivity contribution in [1.29, 1.82) is 0 Å². The molecule has 0 spiro atoms. The molecular weight excluding hydrogens is 270 g/mol. The topological polar surface area (TPSA) is 64.6 Å². The molecule has 2 atom stereocenters. The van der Waals surface area contributed by atoms with E-state index >= 15 is 0 Å². The maximum atomic E-state index is 12.0. The van der Waals surface area contributed by atoms with Gasteiger partial charge >= 0.3 is 12.1 Å². The molecule has 2 rings (SSSR count). The lowest BCUT2D eigenvalue weighted by molar-refractivity contribution is -0.147. The van der Waals surface area contributed by atoms with Gasteiger partial charge in [-0.25, -0.2) is 9.59 Å². The van der Waals surface area contributed by atoms with Crippen LogP contribution in [-0.4, -0.2) is 24.2 Å². The molecule has 21 heavy (non-hydrogen) atoms. The molecule has 1 amide bonds. The second-order valence-electron chi connectivity index (χ2n) is 5.19. The summed E-state index contributed by atoms with van der Waals surface area (Å²) in [6.45, 7) is 4.23. The van der Waals surface area contributed by atoms with Crippen LogP contribution >= 0.6 is 0 Å². The van der Waals surface area contributed by atoms with Crippen molar-refractivity contribution in [2.75, 3.05) is 6.61 Å². The molecule has 1 aliphatic carbocycles. The van der Waals surface area contributed by atoms with E-state index in [1.807, 2.05) is 37.3 Å². The molecule has 1 aliphatic rings. The van der Waals surface area contributed by atoms with Crippen molar-refractivity contribution >= 4 is 12.1 Å². The van der Waals surface area contributed by atoms with Gasteiger partial charge in [-0.05, 0) is 24.8 Å². The molecule has 1 N–H and O–H groups in total. The minimum absolute atomic E-state index is 0.126. The summed E-state index contributed by atoms with van der Waals surface area (Å²) in [6, 6.07) is 9.41. The van der Waals surface area contributed by atoms with Gasteiger partial charge in [0.2, 0.25) is 0 Å². The molecule has 0 aromatic heterocycles. The zero-order valence-corrected chi connectivity index (χ0v) is 12.4. The van der Waals surface area contributed by atoms with Crippen molar-refractivity contribution in [3.05, 3.63) is 35.9 Å². The number of hydrogen-bond donors (Lipinski definition) is 1. The Balaban J connectivity index is 1.89. The highest BCUT2D eigenvalue weighted by molar-refractivity contribution is 5.89. The van der Waals surface area contributed by atoms with Gasteiger partial charge in [0.25, 0.3) is 0 Å². The third-order valence-electron chi connectivity index (χ3n) is 3.78. The summed E-state index contributed by atoms with van der Waals surface area (Å²) in [4.78, 5) is 23.9. The fourth-order valence-corrected chi connectivity index (χ4v) is 2.48. The lowest BCUT2D eigenvalue weighted by Crippen LogP contribution is -2.46. The second-order valence-corrected chi connectivity index (χ2v) is 5.19. The molecule has 1 fully saturated rings. The number of rotatable bonds is 6. The van der Waals surface area contributed by atoms with Crippen molar-refractivity contribution < 1.29 is 19.1 Å². The number of alkyl carbamates (subject to hydrolysis) is 1. The summed E-state index contributed by atoms with van der Waals surface area (Å²) in [6.07, 6.45) is 0.850. The highest BCUT2D eigenvalue weighted by Crippen LogP contribution is 2.46. The molecule has 0 bridgehead atoms. The number of carbonyl (C=O) groups is 2. The zero-order valence-electron chi connectivity index (χ0n) is 12.4. The first-order valence-electron chi connectivity index (χ1n) is 7.28. The number of nitrogens with one attached hydrogen (secondary N) is 1. The summed E-state index contributed by atoms with van der Waals surface area (Å²) >= 11 is 0. The van der Waals surface area contributed by atoms with Crippen LogP contribution in [0.25, 0.3) is 0 Å². The summed E-state index contributed by atoms with van der Waals surface area (Å²) in [5, 5.41) is 2.69. The molecule has 1 aromatic rings. The quantitative estimate of drug-likeness (QED) is 0.818.